The summed E-state index contributed by atoms with van der Waals surface area (Å²) in [5, 5.41) is 0.164. The molecule has 2 heterocycles. The van der Waals surface area contributed by atoms with Crippen molar-refractivity contribution < 1.29 is 13.6 Å². The second-order valence-corrected chi connectivity index (χ2v) is 6.73. The minimum Gasteiger partial charge on any atom is -0.310 e. The number of aromatic nitrogens is 2. The minimum absolute atomic E-state index is 0.0100. The molecule has 1 aliphatic heterocycles. The zero-order valence-electron chi connectivity index (χ0n) is 13.2. The van der Waals surface area contributed by atoms with Crippen molar-refractivity contribution in [1.82, 2.24) is 9.55 Å². The molecule has 7 heteroatoms. The zero-order chi connectivity index (χ0) is 17.4. The van der Waals surface area contributed by atoms with Crippen molar-refractivity contribution in [3.8, 4) is 0 Å². The van der Waals surface area contributed by atoms with Crippen molar-refractivity contribution in [1.29, 1.82) is 0 Å². The Kier molecular flexibility index (Phi) is 4.17. The third-order valence-electron chi connectivity index (χ3n) is 4.30. The number of nitrogens with zero attached hydrogens (tertiary/aromatic N) is 3. The Hall–Kier alpha value is -2.41. The van der Waals surface area contributed by atoms with Crippen LogP contribution in [0.5, 0.6) is 0 Å². The van der Waals surface area contributed by atoms with Gasteiger partial charge >= 0.3 is 0 Å². The number of carbonyl (C=O) groups excluding carboxylic acids is 1. The van der Waals surface area contributed by atoms with Crippen LogP contribution in [0.3, 0.4) is 0 Å². The molecule has 0 saturated heterocycles. The number of thioether (sulfide) groups is 1. The van der Waals surface area contributed by atoms with Gasteiger partial charge in [-0.2, -0.15) is 8.78 Å². The summed E-state index contributed by atoms with van der Waals surface area (Å²) in [4.78, 5) is 18.8. The Balaban J connectivity index is 1.67. The van der Waals surface area contributed by atoms with E-state index in [4.69, 9.17) is 0 Å². The highest BCUT2D eigenvalue weighted by molar-refractivity contribution is 7.99. The van der Waals surface area contributed by atoms with Gasteiger partial charge in [-0.15, -0.1) is 0 Å². The predicted molar refractivity (Wildman–Crippen MR) is 94.1 cm³/mol. The van der Waals surface area contributed by atoms with Crippen molar-refractivity contribution in [2.24, 2.45) is 0 Å². The second kappa shape index (κ2) is 6.48. The summed E-state index contributed by atoms with van der Waals surface area (Å²) in [5.74, 6) is -2.71. The number of halogens is 2. The molecule has 0 saturated carbocycles. The van der Waals surface area contributed by atoms with Crippen LogP contribution in [0.2, 0.25) is 0 Å². The molecule has 4 rings (SSSR count). The number of fused-ring (bicyclic) bond motifs is 2. The van der Waals surface area contributed by atoms with E-state index in [1.807, 2.05) is 30.3 Å². The van der Waals surface area contributed by atoms with Crippen molar-refractivity contribution in [3.63, 3.8) is 0 Å². The van der Waals surface area contributed by atoms with Crippen LogP contribution in [-0.4, -0.2) is 27.8 Å². The molecule has 0 aliphatic carbocycles. The lowest BCUT2D eigenvalue weighted by Crippen LogP contribution is -2.32. The molecule has 4 nitrogen and oxygen atoms in total. The van der Waals surface area contributed by atoms with Gasteiger partial charge in [0.2, 0.25) is 5.91 Å². The van der Waals surface area contributed by atoms with Crippen molar-refractivity contribution in [2.45, 2.75) is 23.9 Å². The zero-order valence-corrected chi connectivity index (χ0v) is 14.0. The molecule has 1 amide bonds. The molecular formula is C18H15F2N3OS. The maximum atomic E-state index is 12.9. The Morgan fingerprint density at radius 3 is 2.76 bits per heavy atom. The Bertz CT molecular complexity index is 941. The third-order valence-corrected chi connectivity index (χ3v) is 5.00. The maximum Gasteiger partial charge on any atom is 0.291 e. The van der Waals surface area contributed by atoms with E-state index in [-0.39, 0.29) is 17.6 Å². The third kappa shape index (κ3) is 3.00. The summed E-state index contributed by atoms with van der Waals surface area (Å²) in [6.07, 6.45) is 0.811. The topological polar surface area (TPSA) is 38.1 Å². The highest BCUT2D eigenvalue weighted by Crippen LogP contribution is 2.31. The number of benzene rings is 2. The second-order valence-electron chi connectivity index (χ2n) is 5.77. The standard InChI is InChI=1S/C18H15F2N3OS/c19-17(20)25-18-21-13-6-2-4-8-15(13)23(18)11-16(24)22-10-9-12-5-1-3-7-14(12)22/h1-8,17H,9-11H2. The first-order valence-corrected chi connectivity index (χ1v) is 8.80. The van der Waals surface area contributed by atoms with Gasteiger partial charge < -0.3 is 9.47 Å². The molecule has 3 aromatic rings. The molecular weight excluding hydrogens is 344 g/mol. The summed E-state index contributed by atoms with van der Waals surface area (Å²) < 4.78 is 27.3. The number of amides is 1. The van der Waals surface area contributed by atoms with E-state index in [0.29, 0.717) is 29.3 Å². The van der Waals surface area contributed by atoms with Gasteiger partial charge in [0.25, 0.3) is 5.76 Å². The van der Waals surface area contributed by atoms with E-state index in [9.17, 15) is 13.6 Å². The smallest absolute Gasteiger partial charge is 0.291 e. The van der Waals surface area contributed by atoms with Crippen LogP contribution < -0.4 is 4.90 Å². The van der Waals surface area contributed by atoms with Crippen molar-refractivity contribution >= 4 is 34.4 Å². The van der Waals surface area contributed by atoms with E-state index >= 15 is 0 Å². The molecule has 128 valence electrons. The number of hydrogen-bond donors (Lipinski definition) is 0. The lowest BCUT2D eigenvalue weighted by molar-refractivity contribution is -0.119. The first kappa shape index (κ1) is 16.1. The molecule has 1 aliphatic rings. The number of carbonyl (C=O) groups is 1. The van der Waals surface area contributed by atoms with E-state index < -0.39 is 5.76 Å². The van der Waals surface area contributed by atoms with Crippen LogP contribution in [0.4, 0.5) is 14.5 Å². The fourth-order valence-electron chi connectivity index (χ4n) is 3.19. The molecule has 0 bridgehead atoms. The van der Waals surface area contributed by atoms with Crippen LogP contribution in [0.15, 0.2) is 53.7 Å². The first-order valence-electron chi connectivity index (χ1n) is 7.92. The molecule has 0 unspecified atom stereocenters. The number of para-hydroxylation sites is 3. The Labute approximate surface area is 147 Å². The average molecular weight is 359 g/mol. The van der Waals surface area contributed by atoms with Crippen LogP contribution in [0.1, 0.15) is 5.56 Å². The fraction of sp³-hybridized carbons (Fsp3) is 0.222. The van der Waals surface area contributed by atoms with E-state index in [1.165, 1.54) is 0 Å². The van der Waals surface area contributed by atoms with Crippen LogP contribution in [0.25, 0.3) is 11.0 Å². The van der Waals surface area contributed by atoms with Crippen LogP contribution in [0, 0.1) is 0 Å². The van der Waals surface area contributed by atoms with Gasteiger partial charge in [0.05, 0.1) is 11.0 Å². The lowest BCUT2D eigenvalue weighted by Gasteiger charge is -2.18. The van der Waals surface area contributed by atoms with Crippen LogP contribution in [-0.2, 0) is 17.8 Å². The van der Waals surface area contributed by atoms with Gasteiger partial charge in [0.1, 0.15) is 6.54 Å². The van der Waals surface area contributed by atoms with Crippen LogP contribution >= 0.6 is 11.8 Å². The lowest BCUT2D eigenvalue weighted by atomic mass is 10.2. The molecule has 1 aromatic heterocycles. The highest BCUT2D eigenvalue weighted by Gasteiger charge is 2.26. The summed E-state index contributed by atoms with van der Waals surface area (Å²) in [6, 6.07) is 14.9. The predicted octanol–water partition coefficient (Wildman–Crippen LogP) is 3.94. The number of rotatable bonds is 4. The Morgan fingerprint density at radius 2 is 1.92 bits per heavy atom. The average Bonchev–Trinajstić information content (AvgIpc) is 3.16. The molecule has 25 heavy (non-hydrogen) atoms. The molecule has 0 fully saturated rings. The van der Waals surface area contributed by atoms with Crippen molar-refractivity contribution in [3.05, 3.63) is 54.1 Å². The number of imidazole rings is 1. The summed E-state index contributed by atoms with van der Waals surface area (Å²) in [7, 11) is 0. The monoisotopic (exact) mass is 359 g/mol. The SMILES string of the molecule is O=C(Cn1c(SC(F)F)nc2ccccc21)N1CCc2ccccc21. The van der Waals surface area contributed by atoms with Gasteiger partial charge in [-0.1, -0.05) is 30.3 Å². The van der Waals surface area contributed by atoms with Crippen molar-refractivity contribution in [2.75, 3.05) is 11.4 Å². The molecule has 0 radical (unpaired) electrons. The largest absolute Gasteiger partial charge is 0.310 e. The minimum atomic E-state index is -2.59. The maximum absolute atomic E-state index is 12.9. The van der Waals surface area contributed by atoms with Gasteiger partial charge in [-0.3, -0.25) is 4.79 Å². The van der Waals surface area contributed by atoms with E-state index in [2.05, 4.69) is 4.98 Å². The summed E-state index contributed by atoms with van der Waals surface area (Å²) in [5.41, 5.74) is 3.33. The molecule has 0 spiro atoms. The molecule has 2 aromatic carbocycles. The quantitative estimate of drug-likeness (QED) is 0.662. The van der Waals surface area contributed by atoms with Gasteiger partial charge in [0, 0.05) is 12.2 Å². The van der Waals surface area contributed by atoms with Gasteiger partial charge in [-0.05, 0) is 41.9 Å². The Morgan fingerprint density at radius 1 is 1.16 bits per heavy atom. The molecule has 0 atom stereocenters. The number of anilines is 1. The summed E-state index contributed by atoms with van der Waals surface area (Å²) >= 11 is 0.369. The first-order chi connectivity index (χ1) is 12.1. The summed E-state index contributed by atoms with van der Waals surface area (Å²) in [6.45, 7) is 0.603. The van der Waals surface area contributed by atoms with E-state index in [0.717, 1.165) is 17.7 Å². The molecule has 0 N–H and O–H groups in total. The van der Waals surface area contributed by atoms with E-state index in [1.54, 1.807) is 27.7 Å². The normalized spacial score (nSPS) is 13.6. The number of alkyl halides is 2. The number of hydrogen-bond acceptors (Lipinski definition) is 3. The fourth-order valence-corrected chi connectivity index (χ4v) is 3.79. The van der Waals surface area contributed by atoms with Gasteiger partial charge in [0.15, 0.2) is 5.16 Å². The highest BCUT2D eigenvalue weighted by atomic mass is 32.2. The van der Waals surface area contributed by atoms with Gasteiger partial charge in [-0.25, -0.2) is 4.98 Å².